The summed E-state index contributed by atoms with van der Waals surface area (Å²) in [7, 11) is 0. The van der Waals surface area contributed by atoms with Gasteiger partial charge in [-0.15, -0.1) is 0 Å². The van der Waals surface area contributed by atoms with Crippen molar-refractivity contribution in [3.63, 3.8) is 0 Å². The second-order valence-corrected chi connectivity index (χ2v) is 5.87. The van der Waals surface area contributed by atoms with E-state index < -0.39 is 0 Å². The predicted molar refractivity (Wildman–Crippen MR) is 104 cm³/mol. The number of nitriles is 1. The third kappa shape index (κ3) is 5.03. The Morgan fingerprint density at radius 1 is 1.04 bits per heavy atom. The van der Waals surface area contributed by atoms with Gasteiger partial charge >= 0.3 is 6.03 Å². The highest BCUT2D eigenvalue weighted by atomic mass is 16.2. The van der Waals surface area contributed by atoms with Crippen molar-refractivity contribution >= 4 is 23.2 Å². The Morgan fingerprint density at radius 2 is 1.74 bits per heavy atom. The Hall–Kier alpha value is -3.92. The van der Waals surface area contributed by atoms with Crippen LogP contribution in [0.5, 0.6) is 0 Å². The maximum absolute atomic E-state index is 12.2. The van der Waals surface area contributed by atoms with Crippen LogP contribution in [0.3, 0.4) is 0 Å². The Morgan fingerprint density at radius 3 is 2.48 bits per heavy atom. The zero-order valence-electron chi connectivity index (χ0n) is 14.7. The summed E-state index contributed by atoms with van der Waals surface area (Å²) in [6, 6.07) is 16.7. The normalized spacial score (nSPS) is 9.93. The van der Waals surface area contributed by atoms with Crippen LogP contribution in [-0.4, -0.2) is 16.0 Å². The number of nitrogens with one attached hydrogen (secondary N) is 3. The van der Waals surface area contributed by atoms with Crippen molar-refractivity contribution in [2.45, 2.75) is 13.5 Å². The lowest BCUT2D eigenvalue weighted by atomic mass is 10.2. The highest BCUT2D eigenvalue weighted by Crippen LogP contribution is 2.15. The van der Waals surface area contributed by atoms with Gasteiger partial charge in [-0.05, 0) is 42.3 Å². The molecule has 27 heavy (non-hydrogen) atoms. The highest BCUT2D eigenvalue weighted by molar-refractivity contribution is 5.99. The van der Waals surface area contributed by atoms with Crippen molar-refractivity contribution in [2.24, 2.45) is 0 Å². The van der Waals surface area contributed by atoms with Gasteiger partial charge in [-0.2, -0.15) is 5.26 Å². The van der Waals surface area contributed by atoms with Crippen LogP contribution in [-0.2, 0) is 6.54 Å². The molecule has 0 saturated carbocycles. The molecule has 0 aliphatic carbocycles. The quantitative estimate of drug-likeness (QED) is 0.641. The van der Waals surface area contributed by atoms with Gasteiger partial charge in [-0.3, -0.25) is 0 Å². The molecular formula is C20H18N6O. The second-order valence-electron chi connectivity index (χ2n) is 5.87. The highest BCUT2D eigenvalue weighted by Gasteiger charge is 2.06. The maximum atomic E-state index is 12.2. The molecule has 1 aromatic heterocycles. The first-order chi connectivity index (χ1) is 13.1. The largest absolute Gasteiger partial charge is 0.364 e. The minimum atomic E-state index is -0.314. The van der Waals surface area contributed by atoms with E-state index in [0.29, 0.717) is 18.1 Å². The summed E-state index contributed by atoms with van der Waals surface area (Å²) in [5, 5.41) is 17.7. The third-order valence-corrected chi connectivity index (χ3v) is 3.72. The molecule has 3 rings (SSSR count). The van der Waals surface area contributed by atoms with Crippen LogP contribution in [0.1, 0.15) is 16.8 Å². The van der Waals surface area contributed by atoms with Gasteiger partial charge in [0, 0.05) is 30.3 Å². The number of nitrogens with zero attached hydrogens (tertiary/aromatic N) is 3. The summed E-state index contributed by atoms with van der Waals surface area (Å²) in [5.74, 6) is 0.426. The zero-order chi connectivity index (χ0) is 19.1. The number of anilines is 3. The lowest BCUT2D eigenvalue weighted by molar-refractivity contribution is 0.262. The molecule has 0 atom stereocenters. The average molecular weight is 358 g/mol. The minimum absolute atomic E-state index is 0.240. The van der Waals surface area contributed by atoms with Crippen molar-refractivity contribution in [2.75, 3.05) is 16.0 Å². The maximum Gasteiger partial charge on any atom is 0.323 e. The summed E-state index contributed by atoms with van der Waals surface area (Å²) >= 11 is 0. The number of amides is 2. The Bertz CT molecular complexity index is 996. The first-order valence-electron chi connectivity index (χ1n) is 8.32. The molecule has 0 spiro atoms. The van der Waals surface area contributed by atoms with Crippen LogP contribution in [0.25, 0.3) is 0 Å². The van der Waals surface area contributed by atoms with E-state index >= 15 is 0 Å². The van der Waals surface area contributed by atoms with Gasteiger partial charge in [0.25, 0.3) is 0 Å². The number of hydrogen-bond acceptors (Lipinski definition) is 5. The van der Waals surface area contributed by atoms with E-state index in [9.17, 15) is 4.79 Å². The number of rotatable bonds is 5. The van der Waals surface area contributed by atoms with E-state index in [-0.39, 0.29) is 11.7 Å². The lowest BCUT2D eigenvalue weighted by Crippen LogP contribution is -2.19. The lowest BCUT2D eigenvalue weighted by Gasteiger charge is -2.10. The second kappa shape index (κ2) is 8.45. The van der Waals surface area contributed by atoms with Gasteiger partial charge in [0.05, 0.1) is 0 Å². The summed E-state index contributed by atoms with van der Waals surface area (Å²) in [6.45, 7) is 2.41. The van der Waals surface area contributed by atoms with Crippen LogP contribution in [0.4, 0.5) is 22.0 Å². The molecule has 0 aliphatic heterocycles. The van der Waals surface area contributed by atoms with Gasteiger partial charge in [-0.1, -0.05) is 24.3 Å². The number of aromatic nitrogens is 2. The van der Waals surface area contributed by atoms with E-state index in [0.717, 1.165) is 16.8 Å². The Kier molecular flexibility index (Phi) is 5.60. The Balaban J connectivity index is 1.61. The van der Waals surface area contributed by atoms with Crippen molar-refractivity contribution < 1.29 is 4.79 Å². The van der Waals surface area contributed by atoms with Crippen LogP contribution >= 0.6 is 0 Å². The summed E-state index contributed by atoms with van der Waals surface area (Å²) < 4.78 is 0. The van der Waals surface area contributed by atoms with E-state index in [1.165, 1.54) is 12.4 Å². The molecule has 0 unspecified atom stereocenters. The molecular weight excluding hydrogens is 340 g/mol. The topological polar surface area (TPSA) is 103 Å². The molecule has 2 amide bonds. The predicted octanol–water partition coefficient (Wildman–Crippen LogP) is 3.91. The Labute approximate surface area is 157 Å². The fourth-order valence-corrected chi connectivity index (χ4v) is 2.51. The fraction of sp³-hybridized carbons (Fsp3) is 0.100. The van der Waals surface area contributed by atoms with Crippen LogP contribution in [0.15, 0.2) is 60.9 Å². The molecule has 7 heteroatoms. The number of carbonyl (C=O) groups is 1. The van der Waals surface area contributed by atoms with E-state index in [2.05, 4.69) is 25.9 Å². The van der Waals surface area contributed by atoms with Gasteiger partial charge in [-0.25, -0.2) is 14.8 Å². The van der Waals surface area contributed by atoms with E-state index in [1.54, 1.807) is 0 Å². The molecule has 0 radical (unpaired) electrons. The minimum Gasteiger partial charge on any atom is -0.364 e. The molecule has 3 N–H and O–H groups in total. The summed E-state index contributed by atoms with van der Waals surface area (Å²) in [6.07, 6.45) is 3.00. The molecule has 0 aliphatic rings. The van der Waals surface area contributed by atoms with Crippen LogP contribution in [0, 0.1) is 18.3 Å². The summed E-state index contributed by atoms with van der Waals surface area (Å²) in [5.41, 5.74) is 3.64. The standard InChI is InChI=1S/C20H18N6O/c1-14-4-2-6-16(10-14)25-20(27)26-17-7-3-5-15(11-17)13-24-19-18(12-21)22-8-9-23-19/h2-11H,13H2,1H3,(H,23,24)(H2,25,26,27). The molecule has 134 valence electrons. The fourth-order valence-electron chi connectivity index (χ4n) is 2.51. The van der Waals surface area contributed by atoms with Crippen molar-refractivity contribution in [1.82, 2.24) is 9.97 Å². The molecule has 2 aromatic carbocycles. The average Bonchev–Trinajstić information content (AvgIpc) is 2.67. The SMILES string of the molecule is Cc1cccc(NC(=O)Nc2cccc(CNc3nccnc3C#N)c2)c1. The summed E-state index contributed by atoms with van der Waals surface area (Å²) in [4.78, 5) is 20.2. The number of urea groups is 1. The monoisotopic (exact) mass is 358 g/mol. The number of carbonyl (C=O) groups excluding carboxylic acids is 1. The molecule has 0 fully saturated rings. The van der Waals surface area contributed by atoms with Crippen molar-refractivity contribution in [1.29, 1.82) is 5.26 Å². The van der Waals surface area contributed by atoms with Crippen molar-refractivity contribution in [3.8, 4) is 6.07 Å². The smallest absolute Gasteiger partial charge is 0.323 e. The van der Waals surface area contributed by atoms with E-state index in [4.69, 9.17) is 5.26 Å². The molecule has 3 aromatic rings. The van der Waals surface area contributed by atoms with Crippen LogP contribution < -0.4 is 16.0 Å². The first-order valence-corrected chi connectivity index (χ1v) is 8.32. The van der Waals surface area contributed by atoms with Gasteiger partial charge in [0.15, 0.2) is 11.5 Å². The third-order valence-electron chi connectivity index (χ3n) is 3.72. The van der Waals surface area contributed by atoms with Gasteiger partial charge in [0.1, 0.15) is 6.07 Å². The number of hydrogen-bond donors (Lipinski definition) is 3. The number of benzene rings is 2. The van der Waals surface area contributed by atoms with Gasteiger partial charge < -0.3 is 16.0 Å². The molecule has 1 heterocycles. The number of aryl methyl sites for hydroxylation is 1. The molecule has 0 bridgehead atoms. The van der Waals surface area contributed by atoms with Crippen molar-refractivity contribution in [3.05, 3.63) is 77.7 Å². The molecule has 7 nitrogen and oxygen atoms in total. The van der Waals surface area contributed by atoms with Crippen LogP contribution in [0.2, 0.25) is 0 Å². The zero-order valence-corrected chi connectivity index (χ0v) is 14.7. The van der Waals surface area contributed by atoms with Gasteiger partial charge in [0.2, 0.25) is 0 Å². The molecule has 0 saturated heterocycles. The van der Waals surface area contributed by atoms with E-state index in [1.807, 2.05) is 61.5 Å². The first kappa shape index (κ1) is 17.9.